The van der Waals surface area contributed by atoms with Crippen LogP contribution in [0.25, 0.3) is 0 Å². The van der Waals surface area contributed by atoms with E-state index in [1.807, 2.05) is 6.92 Å². The summed E-state index contributed by atoms with van der Waals surface area (Å²) in [5.74, 6) is 0. The van der Waals surface area contributed by atoms with E-state index >= 15 is 0 Å². The molecule has 1 atom stereocenters. The largest absolute Gasteiger partial charge is 0.383 e. The number of benzene rings is 1. The van der Waals surface area contributed by atoms with E-state index in [4.69, 9.17) is 5.73 Å². The van der Waals surface area contributed by atoms with Gasteiger partial charge in [-0.2, -0.15) is 0 Å². The van der Waals surface area contributed by atoms with E-state index in [0.717, 1.165) is 12.2 Å². The molecule has 3 heteroatoms. The molecule has 1 heterocycles. The number of hydrogen-bond acceptors (Lipinski definition) is 3. The van der Waals surface area contributed by atoms with Gasteiger partial charge in [0.25, 0.3) is 0 Å². The van der Waals surface area contributed by atoms with Crippen LogP contribution in [0.5, 0.6) is 0 Å². The number of nitrogens with two attached hydrogens (primary N) is 1. The Hall–Kier alpha value is -1.22. The molecule has 0 radical (unpaired) electrons. The molecule has 2 rings (SSSR count). The lowest BCUT2D eigenvalue weighted by molar-refractivity contribution is 0.578. The molecule has 0 bridgehead atoms. The first kappa shape index (κ1) is 12.2. The summed E-state index contributed by atoms with van der Waals surface area (Å²) in [6, 6.07) is 8.89. The minimum atomic E-state index is 0.191. The van der Waals surface area contributed by atoms with Crippen LogP contribution in [-0.4, -0.2) is 25.7 Å². The number of nitrogens with one attached hydrogen (secondary N) is 1. The van der Waals surface area contributed by atoms with E-state index in [1.165, 1.54) is 38.0 Å². The lowest BCUT2D eigenvalue weighted by Crippen LogP contribution is -2.29. The van der Waals surface area contributed by atoms with Crippen LogP contribution in [0.1, 0.15) is 26.2 Å². The van der Waals surface area contributed by atoms with E-state index in [-0.39, 0.29) is 6.04 Å². The first-order valence-electron chi connectivity index (χ1n) is 6.60. The quantitative estimate of drug-likeness (QED) is 0.839. The van der Waals surface area contributed by atoms with Crippen LogP contribution in [0.3, 0.4) is 0 Å². The molecule has 0 saturated carbocycles. The van der Waals surface area contributed by atoms with Crippen molar-refractivity contribution < 1.29 is 0 Å². The molecular weight excluding hydrogens is 210 g/mol. The van der Waals surface area contributed by atoms with Crippen molar-refractivity contribution in [2.45, 2.75) is 32.2 Å². The van der Waals surface area contributed by atoms with Gasteiger partial charge in [0, 0.05) is 37.1 Å². The third-order valence-electron chi connectivity index (χ3n) is 3.22. The van der Waals surface area contributed by atoms with E-state index in [1.54, 1.807) is 0 Å². The molecule has 1 fully saturated rings. The van der Waals surface area contributed by atoms with Gasteiger partial charge in [0.1, 0.15) is 0 Å². The van der Waals surface area contributed by atoms with Crippen molar-refractivity contribution in [1.82, 2.24) is 0 Å². The van der Waals surface area contributed by atoms with E-state index in [9.17, 15) is 0 Å². The first-order valence-corrected chi connectivity index (χ1v) is 6.60. The summed E-state index contributed by atoms with van der Waals surface area (Å²) in [6.45, 7) is 5.23. The molecule has 0 aromatic heterocycles. The maximum atomic E-state index is 5.72. The molecule has 94 valence electrons. The smallest absolute Gasteiger partial charge is 0.0367 e. The van der Waals surface area contributed by atoms with Gasteiger partial charge in [0.15, 0.2) is 0 Å². The lowest BCUT2D eigenvalue weighted by Gasteiger charge is -2.28. The van der Waals surface area contributed by atoms with Gasteiger partial charge in [-0.1, -0.05) is 0 Å². The van der Waals surface area contributed by atoms with Gasteiger partial charge in [0.05, 0.1) is 0 Å². The highest BCUT2D eigenvalue weighted by molar-refractivity contribution is 5.55. The monoisotopic (exact) mass is 233 g/mol. The van der Waals surface area contributed by atoms with Gasteiger partial charge in [-0.05, 0) is 50.5 Å². The molecule has 3 nitrogen and oxygen atoms in total. The number of rotatable bonds is 4. The summed E-state index contributed by atoms with van der Waals surface area (Å²) >= 11 is 0. The molecule has 17 heavy (non-hydrogen) atoms. The summed E-state index contributed by atoms with van der Waals surface area (Å²) in [5.41, 5.74) is 8.22. The zero-order valence-electron chi connectivity index (χ0n) is 10.7. The highest BCUT2D eigenvalue weighted by Gasteiger charge is 2.10. The maximum Gasteiger partial charge on any atom is 0.0367 e. The predicted octanol–water partition coefficient (Wildman–Crippen LogP) is 2.44. The molecule has 1 saturated heterocycles. The van der Waals surface area contributed by atoms with Gasteiger partial charge in [-0.3, -0.25) is 0 Å². The summed E-state index contributed by atoms with van der Waals surface area (Å²) in [4.78, 5) is 2.47. The minimum Gasteiger partial charge on any atom is -0.383 e. The normalized spacial score (nSPS) is 17.9. The molecule has 0 aliphatic carbocycles. The first-order chi connectivity index (χ1) is 8.25. The number of piperidine rings is 1. The highest BCUT2D eigenvalue weighted by Crippen LogP contribution is 2.21. The number of hydrogen-bond donors (Lipinski definition) is 2. The molecule has 0 amide bonds. The van der Waals surface area contributed by atoms with Gasteiger partial charge >= 0.3 is 0 Å². The number of anilines is 2. The van der Waals surface area contributed by atoms with E-state index < -0.39 is 0 Å². The Labute approximate surface area is 104 Å². The Balaban J connectivity index is 1.92. The average Bonchev–Trinajstić information content (AvgIpc) is 2.38. The second-order valence-electron chi connectivity index (χ2n) is 4.95. The van der Waals surface area contributed by atoms with Crippen molar-refractivity contribution in [3.8, 4) is 0 Å². The van der Waals surface area contributed by atoms with Crippen molar-refractivity contribution in [3.05, 3.63) is 24.3 Å². The van der Waals surface area contributed by atoms with Crippen LogP contribution in [0.2, 0.25) is 0 Å². The highest BCUT2D eigenvalue weighted by atomic mass is 15.1. The Morgan fingerprint density at radius 2 is 1.82 bits per heavy atom. The van der Waals surface area contributed by atoms with Crippen LogP contribution in [0, 0.1) is 0 Å². The zero-order valence-corrected chi connectivity index (χ0v) is 10.7. The fourth-order valence-electron chi connectivity index (χ4n) is 2.22. The van der Waals surface area contributed by atoms with Crippen LogP contribution in [-0.2, 0) is 0 Å². The molecular formula is C14H23N3. The van der Waals surface area contributed by atoms with E-state index in [2.05, 4.69) is 34.5 Å². The average molecular weight is 233 g/mol. The van der Waals surface area contributed by atoms with Gasteiger partial charge < -0.3 is 16.0 Å². The Kier molecular flexibility index (Phi) is 4.26. The van der Waals surface area contributed by atoms with Crippen molar-refractivity contribution >= 4 is 11.4 Å². The third kappa shape index (κ3) is 3.63. The van der Waals surface area contributed by atoms with Crippen molar-refractivity contribution in [3.63, 3.8) is 0 Å². The standard InChI is InChI=1S/C14H23N3/c1-12(15)11-16-13-5-7-14(8-6-13)17-9-3-2-4-10-17/h5-8,12,16H,2-4,9-11,15H2,1H3. The predicted molar refractivity (Wildman–Crippen MR) is 74.6 cm³/mol. The molecule has 1 aliphatic rings. The molecule has 0 spiro atoms. The second kappa shape index (κ2) is 5.92. The fourth-order valence-corrected chi connectivity index (χ4v) is 2.22. The molecule has 1 aromatic carbocycles. The Bertz CT molecular complexity index is 326. The fraction of sp³-hybridized carbons (Fsp3) is 0.571. The SMILES string of the molecule is CC(N)CNc1ccc(N2CCCCC2)cc1. The van der Waals surface area contributed by atoms with Crippen molar-refractivity contribution in [2.75, 3.05) is 29.9 Å². The van der Waals surface area contributed by atoms with Crippen LogP contribution in [0.15, 0.2) is 24.3 Å². The summed E-state index contributed by atoms with van der Waals surface area (Å²) in [5, 5.41) is 3.33. The second-order valence-corrected chi connectivity index (χ2v) is 4.95. The molecule has 1 aliphatic heterocycles. The summed E-state index contributed by atoms with van der Waals surface area (Å²) < 4.78 is 0. The van der Waals surface area contributed by atoms with Gasteiger partial charge in [0.2, 0.25) is 0 Å². The topological polar surface area (TPSA) is 41.3 Å². The number of nitrogens with zero attached hydrogens (tertiary/aromatic N) is 1. The third-order valence-corrected chi connectivity index (χ3v) is 3.22. The Morgan fingerprint density at radius 1 is 1.18 bits per heavy atom. The Morgan fingerprint density at radius 3 is 2.41 bits per heavy atom. The molecule has 3 N–H and O–H groups in total. The van der Waals surface area contributed by atoms with Crippen molar-refractivity contribution in [2.24, 2.45) is 5.73 Å². The van der Waals surface area contributed by atoms with E-state index in [0.29, 0.717) is 0 Å². The maximum absolute atomic E-state index is 5.72. The molecule has 1 aromatic rings. The van der Waals surface area contributed by atoms with Gasteiger partial charge in [-0.25, -0.2) is 0 Å². The van der Waals surface area contributed by atoms with Crippen molar-refractivity contribution in [1.29, 1.82) is 0 Å². The molecule has 1 unspecified atom stereocenters. The lowest BCUT2D eigenvalue weighted by atomic mass is 10.1. The van der Waals surface area contributed by atoms with Crippen LogP contribution < -0.4 is 16.0 Å². The minimum absolute atomic E-state index is 0.191. The summed E-state index contributed by atoms with van der Waals surface area (Å²) in [6.07, 6.45) is 4.03. The van der Waals surface area contributed by atoms with Gasteiger partial charge in [-0.15, -0.1) is 0 Å². The zero-order chi connectivity index (χ0) is 12.1. The van der Waals surface area contributed by atoms with Crippen LogP contribution >= 0.6 is 0 Å². The summed E-state index contributed by atoms with van der Waals surface area (Å²) in [7, 11) is 0. The van der Waals surface area contributed by atoms with Crippen LogP contribution in [0.4, 0.5) is 11.4 Å².